The van der Waals surface area contributed by atoms with Crippen molar-refractivity contribution in [2.75, 3.05) is 18.0 Å². The number of hydrogen-bond acceptors (Lipinski definition) is 3. The Morgan fingerprint density at radius 3 is 2.57 bits per heavy atom. The van der Waals surface area contributed by atoms with E-state index in [1.807, 2.05) is 0 Å². The first-order valence-electron chi connectivity index (χ1n) is 6.94. The summed E-state index contributed by atoms with van der Waals surface area (Å²) in [6, 6.07) is 7.00. The quantitative estimate of drug-likeness (QED) is 0.855. The first-order valence-corrected chi connectivity index (χ1v) is 6.94. The highest BCUT2D eigenvalue weighted by Crippen LogP contribution is 2.47. The van der Waals surface area contributed by atoms with Crippen LogP contribution in [0.25, 0.3) is 0 Å². The summed E-state index contributed by atoms with van der Waals surface area (Å²) < 4.78 is 0. The molecule has 0 aromatic heterocycles. The van der Waals surface area contributed by atoms with Crippen molar-refractivity contribution in [1.82, 2.24) is 5.32 Å². The largest absolute Gasteiger partial charge is 0.481 e. The van der Waals surface area contributed by atoms with Gasteiger partial charge in [0.05, 0.1) is 12.0 Å². The van der Waals surface area contributed by atoms with Crippen molar-refractivity contribution >= 4 is 23.5 Å². The fourth-order valence-electron chi connectivity index (χ4n) is 3.02. The zero-order valence-corrected chi connectivity index (χ0v) is 11.5. The van der Waals surface area contributed by atoms with Crippen LogP contribution in [0.1, 0.15) is 24.8 Å². The Morgan fingerprint density at radius 2 is 1.95 bits per heavy atom. The Balaban J connectivity index is 2.06. The van der Waals surface area contributed by atoms with E-state index in [0.717, 1.165) is 6.42 Å². The van der Waals surface area contributed by atoms with Gasteiger partial charge in [-0.05, 0) is 24.5 Å². The maximum absolute atomic E-state index is 12.1. The lowest BCUT2D eigenvalue weighted by Gasteiger charge is -2.41. The summed E-state index contributed by atoms with van der Waals surface area (Å²) in [6.45, 7) is -0.112. The van der Waals surface area contributed by atoms with Gasteiger partial charge in [0.1, 0.15) is 6.54 Å². The molecule has 2 N–H and O–H groups in total. The van der Waals surface area contributed by atoms with Gasteiger partial charge >= 0.3 is 5.97 Å². The van der Waals surface area contributed by atoms with Crippen LogP contribution in [-0.4, -0.2) is 36.0 Å². The summed E-state index contributed by atoms with van der Waals surface area (Å²) in [7, 11) is 0. The second kappa shape index (κ2) is 4.87. The van der Waals surface area contributed by atoms with Gasteiger partial charge in [0.2, 0.25) is 11.8 Å². The molecule has 1 aromatic rings. The first kappa shape index (κ1) is 13.6. The number of aliphatic carboxylic acids is 1. The lowest BCUT2D eigenvalue weighted by molar-refractivity contribution is -0.147. The van der Waals surface area contributed by atoms with Crippen molar-refractivity contribution < 1.29 is 19.5 Å². The van der Waals surface area contributed by atoms with Crippen LogP contribution < -0.4 is 10.2 Å². The standard InChI is InChI=1S/C15H16N2O4/c18-12-9-17(13(19)8-16-12)11-5-2-1-4-10(11)15(14(20)21)6-3-7-15/h1-2,4-5H,3,6-9H2,(H,16,18)(H,20,21). The molecule has 1 heterocycles. The Morgan fingerprint density at radius 1 is 1.24 bits per heavy atom. The summed E-state index contributed by atoms with van der Waals surface area (Å²) >= 11 is 0. The second-order valence-electron chi connectivity index (χ2n) is 5.51. The van der Waals surface area contributed by atoms with Gasteiger partial charge in [0, 0.05) is 5.69 Å². The van der Waals surface area contributed by atoms with Crippen molar-refractivity contribution in [2.24, 2.45) is 0 Å². The molecule has 6 heteroatoms. The van der Waals surface area contributed by atoms with Gasteiger partial charge in [-0.1, -0.05) is 24.6 Å². The summed E-state index contributed by atoms with van der Waals surface area (Å²) in [6.07, 6.45) is 1.98. The van der Waals surface area contributed by atoms with Crippen molar-refractivity contribution in [3.05, 3.63) is 29.8 Å². The molecule has 0 atom stereocenters. The van der Waals surface area contributed by atoms with Crippen molar-refractivity contribution in [2.45, 2.75) is 24.7 Å². The van der Waals surface area contributed by atoms with Crippen molar-refractivity contribution in [1.29, 1.82) is 0 Å². The first-order chi connectivity index (χ1) is 10.0. The van der Waals surface area contributed by atoms with Gasteiger partial charge < -0.3 is 15.3 Å². The molecule has 21 heavy (non-hydrogen) atoms. The second-order valence-corrected chi connectivity index (χ2v) is 5.51. The van der Waals surface area contributed by atoms with Crippen LogP contribution in [-0.2, 0) is 19.8 Å². The zero-order valence-electron chi connectivity index (χ0n) is 11.5. The van der Waals surface area contributed by atoms with E-state index >= 15 is 0 Å². The zero-order chi connectivity index (χ0) is 15.0. The van der Waals surface area contributed by atoms with Crippen LogP contribution in [0.2, 0.25) is 0 Å². The SMILES string of the molecule is O=C1CN(c2ccccc2C2(C(=O)O)CCC2)C(=O)CN1. The van der Waals surface area contributed by atoms with E-state index in [1.165, 1.54) is 4.90 Å². The molecule has 0 spiro atoms. The lowest BCUT2D eigenvalue weighted by Crippen LogP contribution is -2.53. The predicted octanol–water partition coefficient (Wildman–Crippen LogP) is 0.656. The molecule has 1 aromatic carbocycles. The third kappa shape index (κ3) is 2.07. The van der Waals surface area contributed by atoms with Crippen LogP contribution >= 0.6 is 0 Å². The van der Waals surface area contributed by atoms with E-state index in [0.29, 0.717) is 24.1 Å². The number of benzene rings is 1. The summed E-state index contributed by atoms with van der Waals surface area (Å²) in [5, 5.41) is 12.1. The number of nitrogens with one attached hydrogen (secondary N) is 1. The molecule has 0 radical (unpaired) electrons. The van der Waals surface area contributed by atoms with Crippen LogP contribution in [0.4, 0.5) is 5.69 Å². The summed E-state index contributed by atoms with van der Waals surface area (Å²) in [5.74, 6) is -1.32. The highest BCUT2D eigenvalue weighted by molar-refractivity contribution is 6.05. The van der Waals surface area contributed by atoms with Gasteiger partial charge in [-0.2, -0.15) is 0 Å². The molecule has 0 bridgehead atoms. The molecule has 2 fully saturated rings. The van der Waals surface area contributed by atoms with Gasteiger partial charge in [-0.15, -0.1) is 0 Å². The van der Waals surface area contributed by atoms with E-state index in [-0.39, 0.29) is 24.9 Å². The minimum Gasteiger partial charge on any atom is -0.481 e. The fraction of sp³-hybridized carbons (Fsp3) is 0.400. The number of rotatable bonds is 3. The molecule has 2 aliphatic rings. The Kier molecular flexibility index (Phi) is 3.16. The number of hydrogen-bond donors (Lipinski definition) is 2. The third-order valence-corrected chi connectivity index (χ3v) is 4.37. The smallest absolute Gasteiger partial charge is 0.314 e. The Labute approximate surface area is 121 Å². The number of carbonyl (C=O) groups excluding carboxylic acids is 2. The Bertz CT molecular complexity index is 622. The topological polar surface area (TPSA) is 86.7 Å². The molecule has 2 amide bonds. The highest BCUT2D eigenvalue weighted by Gasteiger charge is 2.48. The van der Waals surface area contributed by atoms with Gasteiger partial charge in [-0.25, -0.2) is 0 Å². The number of carbonyl (C=O) groups is 3. The van der Waals surface area contributed by atoms with Crippen LogP contribution in [0.3, 0.4) is 0 Å². The molecular weight excluding hydrogens is 272 g/mol. The van der Waals surface area contributed by atoms with E-state index in [2.05, 4.69) is 5.32 Å². The molecular formula is C15H16N2O4. The molecule has 1 aliphatic carbocycles. The fourth-order valence-corrected chi connectivity index (χ4v) is 3.02. The molecule has 1 aliphatic heterocycles. The van der Waals surface area contributed by atoms with E-state index in [4.69, 9.17) is 0 Å². The van der Waals surface area contributed by atoms with Crippen LogP contribution in [0.5, 0.6) is 0 Å². The number of piperazine rings is 1. The van der Waals surface area contributed by atoms with Gasteiger partial charge in [0.15, 0.2) is 0 Å². The molecule has 110 valence electrons. The summed E-state index contributed by atoms with van der Waals surface area (Å²) in [5.41, 5.74) is 0.247. The third-order valence-electron chi connectivity index (χ3n) is 4.37. The molecule has 0 unspecified atom stereocenters. The molecule has 6 nitrogen and oxygen atoms in total. The normalized spacial score (nSPS) is 20.7. The number of anilines is 1. The number of amides is 2. The molecule has 3 rings (SSSR count). The molecule has 1 saturated carbocycles. The number of carboxylic acid groups (broad SMARTS) is 1. The summed E-state index contributed by atoms with van der Waals surface area (Å²) in [4.78, 5) is 36.7. The Hall–Kier alpha value is -2.37. The average Bonchev–Trinajstić information content (AvgIpc) is 2.41. The molecule has 1 saturated heterocycles. The van der Waals surface area contributed by atoms with Gasteiger partial charge in [-0.3, -0.25) is 14.4 Å². The highest BCUT2D eigenvalue weighted by atomic mass is 16.4. The lowest BCUT2D eigenvalue weighted by atomic mass is 9.64. The predicted molar refractivity (Wildman–Crippen MR) is 75.0 cm³/mol. The van der Waals surface area contributed by atoms with E-state index in [1.54, 1.807) is 24.3 Å². The maximum Gasteiger partial charge on any atom is 0.314 e. The van der Waals surface area contributed by atoms with Crippen molar-refractivity contribution in [3.8, 4) is 0 Å². The number of para-hydroxylation sites is 1. The minimum absolute atomic E-state index is 0.0484. The van der Waals surface area contributed by atoms with Gasteiger partial charge in [0.25, 0.3) is 0 Å². The van der Waals surface area contributed by atoms with E-state index < -0.39 is 11.4 Å². The minimum atomic E-state index is -0.926. The average molecular weight is 288 g/mol. The number of nitrogens with zero attached hydrogens (tertiary/aromatic N) is 1. The van der Waals surface area contributed by atoms with Crippen molar-refractivity contribution in [3.63, 3.8) is 0 Å². The van der Waals surface area contributed by atoms with E-state index in [9.17, 15) is 19.5 Å². The monoisotopic (exact) mass is 288 g/mol. The van der Waals surface area contributed by atoms with Crippen LogP contribution in [0, 0.1) is 0 Å². The maximum atomic E-state index is 12.1. The van der Waals surface area contributed by atoms with Crippen LogP contribution in [0.15, 0.2) is 24.3 Å². The number of carboxylic acids is 1.